The van der Waals surface area contributed by atoms with Gasteiger partial charge in [0, 0.05) is 61.3 Å². The van der Waals surface area contributed by atoms with Gasteiger partial charge in [-0.05, 0) is 41.7 Å². The predicted octanol–water partition coefficient (Wildman–Crippen LogP) is 2.90. The number of hydrogen-bond acceptors (Lipinski definition) is 8. The van der Waals surface area contributed by atoms with Crippen LogP contribution in [0.25, 0.3) is 11.1 Å². The van der Waals surface area contributed by atoms with Crippen molar-refractivity contribution >= 4 is 35.5 Å². The summed E-state index contributed by atoms with van der Waals surface area (Å²) in [7, 11) is 0. The van der Waals surface area contributed by atoms with Gasteiger partial charge in [-0.2, -0.15) is 13.2 Å². The second-order valence-electron chi connectivity index (χ2n) is 13.8. The van der Waals surface area contributed by atoms with E-state index >= 15 is 0 Å². The number of nitrogens with two attached hydrogens (primary N) is 1. The molecule has 6 N–H and O–H groups in total. The smallest absolute Gasteiger partial charge is 0.475 e. The standard InChI is InChI=1S/C36H42F2N6O6.C2HF3O2/c1-36(2,3)34(29-17-24(26-18-25(37)9-10-27(26)38)20-42(29)19-23-7-5-4-6-8-23)43(33(49)22-45)16-13-28(39)35(50)41-15-14-40-30(46)21-44-31(47)11-12-32(44)48;3-2(4,5)1(6)7/h4-12,17-18,20,28,34,45H,13-16,19,21-22,39H2,1-3H3,(H,40,46)(H,41,50);(H,6,7)/t28-,34-;/m0./s1. The minimum atomic E-state index is -5.08. The average Bonchev–Trinajstić information content (AvgIpc) is 3.69. The van der Waals surface area contributed by atoms with Crippen LogP contribution >= 0.6 is 0 Å². The molecule has 4 rings (SSSR count). The molecule has 1 aliphatic rings. The minimum absolute atomic E-state index is 0.00741. The molecule has 0 fully saturated rings. The first kappa shape index (κ1) is 45.4. The lowest BCUT2D eigenvalue weighted by Gasteiger charge is -2.41. The van der Waals surface area contributed by atoms with Crippen molar-refractivity contribution < 1.29 is 60.9 Å². The van der Waals surface area contributed by atoms with Crippen molar-refractivity contribution in [1.29, 1.82) is 0 Å². The number of alkyl halides is 3. The summed E-state index contributed by atoms with van der Waals surface area (Å²) in [6, 6.07) is 12.6. The maximum absolute atomic E-state index is 15.0. The van der Waals surface area contributed by atoms with Gasteiger partial charge < -0.3 is 36.0 Å². The summed E-state index contributed by atoms with van der Waals surface area (Å²) in [4.78, 5) is 72.7. The van der Waals surface area contributed by atoms with Crippen LogP contribution in [0.4, 0.5) is 22.0 Å². The van der Waals surface area contributed by atoms with E-state index in [2.05, 4.69) is 10.6 Å². The lowest BCUT2D eigenvalue weighted by molar-refractivity contribution is -0.192. The Morgan fingerprint density at radius 3 is 2.07 bits per heavy atom. The second kappa shape index (κ2) is 19.8. The number of carbonyl (C=O) groups is 6. The topological polar surface area (TPSA) is 204 Å². The third-order valence-corrected chi connectivity index (χ3v) is 8.44. The van der Waals surface area contributed by atoms with E-state index in [4.69, 9.17) is 15.6 Å². The van der Waals surface area contributed by atoms with E-state index < -0.39 is 84.0 Å². The highest BCUT2D eigenvalue weighted by Crippen LogP contribution is 2.41. The molecule has 5 amide bonds. The molecule has 0 spiro atoms. The number of nitrogens with one attached hydrogen (secondary N) is 2. The molecule has 0 unspecified atom stereocenters. The Morgan fingerprint density at radius 1 is 0.912 bits per heavy atom. The minimum Gasteiger partial charge on any atom is -0.475 e. The molecule has 3 aromatic rings. The number of benzene rings is 2. The van der Waals surface area contributed by atoms with Crippen LogP contribution in [0.15, 0.2) is 72.9 Å². The molecule has 0 bridgehead atoms. The number of amides is 5. The summed E-state index contributed by atoms with van der Waals surface area (Å²) in [5, 5.41) is 22.3. The van der Waals surface area contributed by atoms with Gasteiger partial charge in [-0.1, -0.05) is 51.1 Å². The van der Waals surface area contributed by atoms with Gasteiger partial charge in [0.25, 0.3) is 11.8 Å². The molecule has 1 aliphatic heterocycles. The van der Waals surface area contributed by atoms with Crippen LogP contribution in [0.1, 0.15) is 44.5 Å². The molecule has 0 saturated carbocycles. The summed E-state index contributed by atoms with van der Waals surface area (Å²) in [5.41, 5.74) is 7.53. The van der Waals surface area contributed by atoms with Crippen LogP contribution in [0, 0.1) is 17.0 Å². The lowest BCUT2D eigenvalue weighted by Crippen LogP contribution is -2.48. The fraction of sp³-hybridized carbons (Fsp3) is 0.368. The molecular formula is C38H43F5N6O8. The fourth-order valence-corrected chi connectivity index (χ4v) is 5.81. The molecule has 14 nitrogen and oxygen atoms in total. The number of halogens is 5. The SMILES string of the molecule is CC(C)(C)[C@H](c1cc(-c2cc(F)ccc2F)cn1Cc1ccccc1)N(CC[C@H](N)C(=O)NCCNC(=O)CN1C(=O)C=CC1=O)C(=O)CO.O=C(O)C(F)(F)F. The molecule has 0 radical (unpaired) electrons. The number of aliphatic carboxylic acids is 1. The van der Waals surface area contributed by atoms with Crippen LogP contribution in [0.2, 0.25) is 0 Å². The van der Waals surface area contributed by atoms with Gasteiger partial charge in [-0.3, -0.25) is 28.9 Å². The van der Waals surface area contributed by atoms with Crippen molar-refractivity contribution in [2.75, 3.05) is 32.8 Å². The number of aliphatic hydroxyl groups is 1. The first-order chi connectivity index (χ1) is 26.6. The molecule has 57 heavy (non-hydrogen) atoms. The van der Waals surface area contributed by atoms with Crippen molar-refractivity contribution in [3.8, 4) is 11.1 Å². The predicted molar refractivity (Wildman–Crippen MR) is 194 cm³/mol. The van der Waals surface area contributed by atoms with E-state index in [0.717, 1.165) is 40.8 Å². The van der Waals surface area contributed by atoms with Gasteiger partial charge in [-0.25, -0.2) is 13.6 Å². The summed E-state index contributed by atoms with van der Waals surface area (Å²) in [6.45, 7) is 4.79. The molecule has 2 aromatic carbocycles. The molecule has 2 heterocycles. The van der Waals surface area contributed by atoms with Gasteiger partial charge in [-0.15, -0.1) is 0 Å². The van der Waals surface area contributed by atoms with Crippen LogP contribution in [-0.4, -0.2) is 105 Å². The lowest BCUT2D eigenvalue weighted by atomic mass is 9.82. The Bertz CT molecular complexity index is 1940. The van der Waals surface area contributed by atoms with E-state index in [1.165, 1.54) is 4.90 Å². The van der Waals surface area contributed by atoms with Crippen molar-refractivity contribution in [1.82, 2.24) is 25.0 Å². The van der Waals surface area contributed by atoms with Crippen LogP contribution in [0.5, 0.6) is 0 Å². The normalized spacial score (nSPS) is 13.8. The van der Waals surface area contributed by atoms with Gasteiger partial charge in [0.05, 0.1) is 12.1 Å². The number of rotatable bonds is 15. The maximum Gasteiger partial charge on any atom is 0.490 e. The van der Waals surface area contributed by atoms with Crippen LogP contribution < -0.4 is 16.4 Å². The Morgan fingerprint density at radius 2 is 1.51 bits per heavy atom. The quantitative estimate of drug-likeness (QED) is 0.0870. The van der Waals surface area contributed by atoms with E-state index in [-0.39, 0.29) is 31.6 Å². The largest absolute Gasteiger partial charge is 0.490 e. The third-order valence-electron chi connectivity index (χ3n) is 8.44. The average molecular weight is 807 g/mol. The highest BCUT2D eigenvalue weighted by Gasteiger charge is 2.39. The number of aliphatic hydroxyl groups excluding tert-OH is 1. The highest BCUT2D eigenvalue weighted by molar-refractivity contribution is 6.14. The summed E-state index contributed by atoms with van der Waals surface area (Å²) >= 11 is 0. The molecule has 0 saturated heterocycles. The zero-order chi connectivity index (χ0) is 42.7. The van der Waals surface area contributed by atoms with Gasteiger partial charge >= 0.3 is 12.1 Å². The molecule has 19 heteroatoms. The number of aromatic nitrogens is 1. The van der Waals surface area contributed by atoms with E-state index in [1.54, 1.807) is 12.3 Å². The monoisotopic (exact) mass is 806 g/mol. The summed E-state index contributed by atoms with van der Waals surface area (Å²) < 4.78 is 62.8. The van der Waals surface area contributed by atoms with Crippen LogP contribution in [0.3, 0.4) is 0 Å². The molecule has 1 aromatic heterocycles. The first-order valence-electron chi connectivity index (χ1n) is 17.4. The Hall–Kier alpha value is -5.95. The Kier molecular flexibility index (Phi) is 15.8. The molecule has 2 atom stereocenters. The second-order valence-corrected chi connectivity index (χ2v) is 13.8. The number of nitrogens with zero attached hydrogens (tertiary/aromatic N) is 3. The number of carboxylic acid groups (broad SMARTS) is 1. The summed E-state index contributed by atoms with van der Waals surface area (Å²) in [5.74, 6) is -6.89. The highest BCUT2D eigenvalue weighted by atomic mass is 19.4. The maximum atomic E-state index is 15.0. The number of hydrogen-bond donors (Lipinski definition) is 5. The zero-order valence-electron chi connectivity index (χ0n) is 31.2. The summed E-state index contributed by atoms with van der Waals surface area (Å²) in [6.07, 6.45) is -1.22. The number of carboxylic acids is 1. The third kappa shape index (κ3) is 13.1. The van der Waals surface area contributed by atoms with E-state index in [9.17, 15) is 51.0 Å². The molecule has 0 aliphatic carbocycles. The first-order valence-corrected chi connectivity index (χ1v) is 17.4. The van der Waals surface area contributed by atoms with Crippen molar-refractivity contribution in [2.24, 2.45) is 11.1 Å². The Balaban J connectivity index is 0.00000113. The zero-order valence-corrected chi connectivity index (χ0v) is 31.2. The Labute approximate surface area is 324 Å². The van der Waals surface area contributed by atoms with E-state index in [1.807, 2.05) is 55.7 Å². The molecular weight excluding hydrogens is 763 g/mol. The van der Waals surface area contributed by atoms with Gasteiger partial charge in [0.15, 0.2) is 0 Å². The van der Waals surface area contributed by atoms with Crippen molar-refractivity contribution in [2.45, 2.75) is 52.0 Å². The van der Waals surface area contributed by atoms with Crippen LogP contribution in [-0.2, 0) is 35.3 Å². The molecule has 308 valence electrons. The van der Waals surface area contributed by atoms with Gasteiger partial charge in [0.1, 0.15) is 24.8 Å². The van der Waals surface area contributed by atoms with Gasteiger partial charge in [0.2, 0.25) is 17.7 Å². The number of carbonyl (C=O) groups excluding carboxylic acids is 5. The van der Waals surface area contributed by atoms with E-state index in [0.29, 0.717) is 17.8 Å². The fourth-order valence-electron chi connectivity index (χ4n) is 5.81. The van der Waals surface area contributed by atoms with Crippen molar-refractivity contribution in [3.63, 3.8) is 0 Å². The number of imide groups is 1. The van der Waals surface area contributed by atoms with Crippen molar-refractivity contribution in [3.05, 3.63) is 95.8 Å².